The van der Waals surface area contributed by atoms with Crippen LogP contribution in [0.1, 0.15) is 10.4 Å². The minimum Gasteiger partial charge on any atom is -0.508 e. The fraction of sp³-hybridized carbons (Fsp3) is 0.0833. The number of carbonyl (C=O) groups is 1. The number of fused-ring (bicyclic) bond motifs is 1. The molecular weight excluding hydrogens is 208 g/mol. The monoisotopic (exact) mass is 218 g/mol. The Hall–Kier alpha value is -2.23. The summed E-state index contributed by atoms with van der Waals surface area (Å²) in [5, 5.41) is 19.6. The van der Waals surface area contributed by atoms with Crippen LogP contribution in [-0.4, -0.2) is 23.3 Å². The van der Waals surface area contributed by atoms with Gasteiger partial charge in [0.2, 0.25) is 0 Å². The summed E-state index contributed by atoms with van der Waals surface area (Å²) in [5.41, 5.74) is 0.111. The summed E-state index contributed by atoms with van der Waals surface area (Å²) in [6.07, 6.45) is 0. The summed E-state index contributed by atoms with van der Waals surface area (Å²) in [7, 11) is 1.42. The van der Waals surface area contributed by atoms with Gasteiger partial charge >= 0.3 is 5.97 Å². The van der Waals surface area contributed by atoms with Gasteiger partial charge in [-0.1, -0.05) is 6.07 Å². The van der Waals surface area contributed by atoms with Gasteiger partial charge in [-0.15, -0.1) is 0 Å². The minimum atomic E-state index is -1.05. The Bertz CT molecular complexity index is 560. The lowest BCUT2D eigenvalue weighted by Crippen LogP contribution is -2.01. The second-order valence-corrected chi connectivity index (χ2v) is 3.35. The Balaban J connectivity index is 2.84. The summed E-state index contributed by atoms with van der Waals surface area (Å²) >= 11 is 0. The van der Waals surface area contributed by atoms with Crippen molar-refractivity contribution in [3.05, 3.63) is 35.9 Å². The smallest absolute Gasteiger partial charge is 0.340 e. The largest absolute Gasteiger partial charge is 0.508 e. The second-order valence-electron chi connectivity index (χ2n) is 3.35. The third-order valence-corrected chi connectivity index (χ3v) is 2.40. The number of aromatic carboxylic acids is 1. The zero-order valence-corrected chi connectivity index (χ0v) is 8.60. The highest BCUT2D eigenvalue weighted by molar-refractivity contribution is 6.06. The summed E-state index contributed by atoms with van der Waals surface area (Å²) < 4.78 is 5.00. The minimum absolute atomic E-state index is 0.106. The van der Waals surface area contributed by atoms with E-state index in [2.05, 4.69) is 0 Å². The van der Waals surface area contributed by atoms with E-state index in [1.165, 1.54) is 19.2 Å². The van der Waals surface area contributed by atoms with Gasteiger partial charge in [0.15, 0.2) is 0 Å². The van der Waals surface area contributed by atoms with Crippen molar-refractivity contribution in [2.75, 3.05) is 7.11 Å². The Kier molecular flexibility index (Phi) is 2.40. The van der Waals surface area contributed by atoms with Crippen LogP contribution in [-0.2, 0) is 0 Å². The van der Waals surface area contributed by atoms with Crippen molar-refractivity contribution in [3.8, 4) is 11.5 Å². The molecule has 16 heavy (non-hydrogen) atoms. The standard InChI is InChI=1S/C12H10O4/c1-16-10-5-2-7-6-8(13)3-4-9(7)11(10)12(14)15/h2-6,13H,1H3,(H,14,15). The molecule has 2 rings (SSSR count). The van der Waals surface area contributed by atoms with Crippen molar-refractivity contribution in [2.24, 2.45) is 0 Å². The predicted octanol–water partition coefficient (Wildman–Crippen LogP) is 2.25. The number of ether oxygens (including phenoxy) is 1. The number of hydrogen-bond acceptors (Lipinski definition) is 3. The number of hydrogen-bond donors (Lipinski definition) is 2. The molecule has 0 amide bonds. The maximum Gasteiger partial charge on any atom is 0.340 e. The van der Waals surface area contributed by atoms with Crippen LogP contribution in [0.25, 0.3) is 10.8 Å². The van der Waals surface area contributed by atoms with Crippen LogP contribution in [0.15, 0.2) is 30.3 Å². The number of benzene rings is 2. The van der Waals surface area contributed by atoms with Crippen LogP contribution in [0.2, 0.25) is 0 Å². The summed E-state index contributed by atoms with van der Waals surface area (Å²) in [6, 6.07) is 7.82. The lowest BCUT2D eigenvalue weighted by molar-refractivity contribution is 0.0695. The SMILES string of the molecule is COc1ccc2cc(O)ccc2c1C(=O)O. The molecule has 0 heterocycles. The molecule has 0 aliphatic carbocycles. The molecule has 0 spiro atoms. The van der Waals surface area contributed by atoms with Crippen LogP contribution in [0.5, 0.6) is 11.5 Å². The van der Waals surface area contributed by atoms with Gasteiger partial charge in [0.05, 0.1) is 7.11 Å². The number of methoxy groups -OCH3 is 1. The van der Waals surface area contributed by atoms with Crippen molar-refractivity contribution in [1.29, 1.82) is 0 Å². The fourth-order valence-corrected chi connectivity index (χ4v) is 1.69. The van der Waals surface area contributed by atoms with Gasteiger partial charge in [-0.05, 0) is 29.7 Å². The van der Waals surface area contributed by atoms with E-state index in [1.54, 1.807) is 18.2 Å². The molecule has 0 atom stereocenters. The number of carboxylic acids is 1. The second kappa shape index (κ2) is 3.73. The Morgan fingerprint density at radius 2 is 2.00 bits per heavy atom. The summed E-state index contributed by atoms with van der Waals surface area (Å²) in [4.78, 5) is 11.1. The quantitative estimate of drug-likeness (QED) is 0.811. The average molecular weight is 218 g/mol. The number of phenols is 1. The normalized spacial score (nSPS) is 10.3. The van der Waals surface area contributed by atoms with Gasteiger partial charge in [-0.3, -0.25) is 0 Å². The molecule has 0 saturated carbocycles. The van der Waals surface area contributed by atoms with Crippen LogP contribution in [0.4, 0.5) is 0 Å². The van der Waals surface area contributed by atoms with Crippen LogP contribution < -0.4 is 4.74 Å². The van der Waals surface area contributed by atoms with Crippen LogP contribution >= 0.6 is 0 Å². The molecule has 2 aromatic carbocycles. The molecule has 0 radical (unpaired) electrons. The van der Waals surface area contributed by atoms with Crippen molar-refractivity contribution in [3.63, 3.8) is 0 Å². The van der Waals surface area contributed by atoms with Crippen molar-refractivity contribution in [2.45, 2.75) is 0 Å². The molecule has 82 valence electrons. The highest BCUT2D eigenvalue weighted by atomic mass is 16.5. The molecule has 2 aromatic rings. The van der Waals surface area contributed by atoms with E-state index >= 15 is 0 Å². The molecule has 0 aliphatic rings. The number of aromatic hydroxyl groups is 1. The highest BCUT2D eigenvalue weighted by Crippen LogP contribution is 2.29. The van der Waals surface area contributed by atoms with E-state index in [9.17, 15) is 9.90 Å². The zero-order chi connectivity index (χ0) is 11.7. The van der Waals surface area contributed by atoms with E-state index in [0.717, 1.165) is 0 Å². The summed E-state index contributed by atoms with van der Waals surface area (Å²) in [5.74, 6) is -0.632. The first kappa shape index (κ1) is 10.3. The molecule has 2 N–H and O–H groups in total. The van der Waals surface area contributed by atoms with Gasteiger partial charge in [0.1, 0.15) is 17.1 Å². The molecule has 0 unspecified atom stereocenters. The third-order valence-electron chi connectivity index (χ3n) is 2.40. The average Bonchev–Trinajstić information content (AvgIpc) is 2.26. The molecule has 0 aliphatic heterocycles. The van der Waals surface area contributed by atoms with Gasteiger partial charge in [0.25, 0.3) is 0 Å². The number of phenolic OH excluding ortho intramolecular Hbond substituents is 1. The van der Waals surface area contributed by atoms with Crippen molar-refractivity contribution < 1.29 is 19.7 Å². The van der Waals surface area contributed by atoms with E-state index in [-0.39, 0.29) is 11.3 Å². The van der Waals surface area contributed by atoms with Crippen LogP contribution in [0, 0.1) is 0 Å². The van der Waals surface area contributed by atoms with Crippen molar-refractivity contribution in [1.82, 2.24) is 0 Å². The van der Waals surface area contributed by atoms with Gasteiger partial charge < -0.3 is 14.9 Å². The van der Waals surface area contributed by atoms with E-state index in [0.29, 0.717) is 16.5 Å². The summed E-state index contributed by atoms with van der Waals surface area (Å²) in [6.45, 7) is 0. The third kappa shape index (κ3) is 1.54. The zero-order valence-electron chi connectivity index (χ0n) is 8.60. The molecular formula is C12H10O4. The lowest BCUT2D eigenvalue weighted by Gasteiger charge is -2.08. The van der Waals surface area contributed by atoms with E-state index in [4.69, 9.17) is 9.84 Å². The first-order valence-electron chi connectivity index (χ1n) is 4.66. The van der Waals surface area contributed by atoms with Crippen LogP contribution in [0.3, 0.4) is 0 Å². The topological polar surface area (TPSA) is 66.8 Å². The maximum absolute atomic E-state index is 11.1. The first-order valence-corrected chi connectivity index (χ1v) is 4.66. The molecule has 0 bridgehead atoms. The molecule has 0 aromatic heterocycles. The van der Waals surface area contributed by atoms with E-state index in [1.807, 2.05) is 0 Å². The highest BCUT2D eigenvalue weighted by Gasteiger charge is 2.15. The predicted molar refractivity (Wildman–Crippen MR) is 59.1 cm³/mol. The maximum atomic E-state index is 11.1. The fourth-order valence-electron chi connectivity index (χ4n) is 1.69. The molecule has 0 fully saturated rings. The first-order chi connectivity index (χ1) is 7.63. The number of rotatable bonds is 2. The van der Waals surface area contributed by atoms with Gasteiger partial charge in [0, 0.05) is 5.39 Å². The Morgan fingerprint density at radius 1 is 1.25 bits per heavy atom. The van der Waals surface area contributed by atoms with Gasteiger partial charge in [-0.25, -0.2) is 4.79 Å². The Morgan fingerprint density at radius 3 is 2.62 bits per heavy atom. The Labute approximate surface area is 91.7 Å². The number of carboxylic acid groups (broad SMARTS) is 1. The van der Waals surface area contributed by atoms with Gasteiger partial charge in [-0.2, -0.15) is 0 Å². The molecule has 4 nitrogen and oxygen atoms in total. The molecule has 4 heteroatoms. The lowest BCUT2D eigenvalue weighted by atomic mass is 10.0. The molecule has 0 saturated heterocycles. The van der Waals surface area contributed by atoms with Crippen molar-refractivity contribution >= 4 is 16.7 Å². The van der Waals surface area contributed by atoms with E-state index < -0.39 is 5.97 Å².